The molecule has 0 radical (unpaired) electrons. The highest BCUT2D eigenvalue weighted by molar-refractivity contribution is 7.98. The molecule has 94 valence electrons. The quantitative estimate of drug-likeness (QED) is 0.818. The second-order valence-corrected chi connectivity index (χ2v) is 6.31. The summed E-state index contributed by atoms with van der Waals surface area (Å²) < 4.78 is 0. The number of aliphatic hydroxyl groups is 1. The summed E-state index contributed by atoms with van der Waals surface area (Å²) in [5, 5.41) is 9.76. The van der Waals surface area contributed by atoms with E-state index in [2.05, 4.69) is 13.2 Å². The molecule has 0 aromatic rings. The molecule has 1 aliphatic rings. The molecule has 1 aliphatic heterocycles. The van der Waals surface area contributed by atoms with Gasteiger partial charge in [0.2, 0.25) is 0 Å². The van der Waals surface area contributed by atoms with Crippen LogP contribution < -0.4 is 0 Å². The third kappa shape index (κ3) is 3.14. The number of carbonyl (C=O) groups excluding carboxylic acids is 1. The number of aliphatic hydroxyl groups excluding tert-OH is 1. The zero-order valence-corrected chi connectivity index (χ0v) is 11.5. The van der Waals surface area contributed by atoms with Gasteiger partial charge in [-0.2, -0.15) is 11.8 Å². The molecule has 1 heterocycles. The van der Waals surface area contributed by atoms with E-state index in [0.717, 1.165) is 25.3 Å². The molecule has 3 nitrogen and oxygen atoms in total. The summed E-state index contributed by atoms with van der Waals surface area (Å²) in [7, 11) is 0. The molecular weight excluding hydrogens is 222 g/mol. The number of rotatable bonds is 4. The van der Waals surface area contributed by atoms with E-state index in [9.17, 15) is 9.90 Å². The highest BCUT2D eigenvalue weighted by atomic mass is 32.2. The van der Waals surface area contributed by atoms with Gasteiger partial charge in [0.15, 0.2) is 0 Å². The Hall–Kier alpha value is -0.220. The predicted octanol–water partition coefficient (Wildman–Crippen LogP) is 1.60. The van der Waals surface area contributed by atoms with Crippen molar-refractivity contribution in [1.29, 1.82) is 0 Å². The second kappa shape index (κ2) is 5.41. The van der Waals surface area contributed by atoms with Crippen LogP contribution in [-0.2, 0) is 4.79 Å². The van der Waals surface area contributed by atoms with Crippen molar-refractivity contribution in [1.82, 2.24) is 4.90 Å². The standard InChI is InChI=1S/C12H23NO2S/c1-9(2)10(14)11(15)13-6-5-12(3,7-13)8-16-4/h9-10,14H,5-8H2,1-4H3. The van der Waals surface area contributed by atoms with Crippen LogP contribution in [0.15, 0.2) is 0 Å². The Balaban J connectivity index is 2.56. The van der Waals surface area contributed by atoms with Gasteiger partial charge in [0, 0.05) is 18.8 Å². The first-order valence-corrected chi connectivity index (χ1v) is 7.25. The number of likely N-dealkylation sites (tertiary alicyclic amines) is 1. The van der Waals surface area contributed by atoms with Crippen LogP contribution in [0.25, 0.3) is 0 Å². The van der Waals surface area contributed by atoms with Crippen LogP contribution in [0, 0.1) is 11.3 Å². The molecule has 1 N–H and O–H groups in total. The fraction of sp³-hybridized carbons (Fsp3) is 0.917. The Bertz CT molecular complexity index is 257. The lowest BCUT2D eigenvalue weighted by atomic mass is 9.93. The van der Waals surface area contributed by atoms with Gasteiger partial charge in [-0.3, -0.25) is 4.79 Å². The topological polar surface area (TPSA) is 40.5 Å². The lowest BCUT2D eigenvalue weighted by molar-refractivity contribution is -0.141. The summed E-state index contributed by atoms with van der Waals surface area (Å²) in [5.74, 6) is 0.980. The van der Waals surface area contributed by atoms with E-state index in [0.29, 0.717) is 0 Å². The Labute approximate surface area is 103 Å². The number of nitrogens with zero attached hydrogens (tertiary/aromatic N) is 1. The van der Waals surface area contributed by atoms with Crippen LogP contribution in [-0.4, -0.2) is 47.1 Å². The molecule has 1 amide bonds. The maximum atomic E-state index is 11.9. The van der Waals surface area contributed by atoms with Gasteiger partial charge in [-0.1, -0.05) is 20.8 Å². The molecule has 2 atom stereocenters. The SMILES string of the molecule is CSCC1(C)CCN(C(=O)C(O)C(C)C)C1. The van der Waals surface area contributed by atoms with Gasteiger partial charge in [-0.25, -0.2) is 0 Å². The normalized spacial score (nSPS) is 27.5. The highest BCUT2D eigenvalue weighted by Gasteiger charge is 2.37. The Morgan fingerprint density at radius 3 is 2.69 bits per heavy atom. The molecule has 1 rings (SSSR count). The van der Waals surface area contributed by atoms with Crippen molar-refractivity contribution in [3.8, 4) is 0 Å². The Morgan fingerprint density at radius 1 is 1.56 bits per heavy atom. The van der Waals surface area contributed by atoms with E-state index >= 15 is 0 Å². The third-order valence-corrected chi connectivity index (χ3v) is 4.23. The molecule has 0 aliphatic carbocycles. The molecule has 0 aromatic carbocycles. The van der Waals surface area contributed by atoms with Crippen LogP contribution in [0.2, 0.25) is 0 Å². The first-order valence-electron chi connectivity index (χ1n) is 5.85. The van der Waals surface area contributed by atoms with Crippen molar-refractivity contribution >= 4 is 17.7 Å². The number of hydrogen-bond acceptors (Lipinski definition) is 3. The minimum absolute atomic E-state index is 0.0000868. The van der Waals surface area contributed by atoms with Crippen LogP contribution in [0.4, 0.5) is 0 Å². The van der Waals surface area contributed by atoms with Crippen molar-refractivity contribution in [3.63, 3.8) is 0 Å². The van der Waals surface area contributed by atoms with Gasteiger partial charge in [0.1, 0.15) is 6.10 Å². The summed E-state index contributed by atoms with van der Waals surface area (Å²) in [6.07, 6.45) is 2.31. The molecule has 16 heavy (non-hydrogen) atoms. The van der Waals surface area contributed by atoms with Crippen molar-refractivity contribution < 1.29 is 9.90 Å². The molecular formula is C12H23NO2S. The number of thioether (sulfide) groups is 1. The van der Waals surface area contributed by atoms with Crippen LogP contribution in [0.3, 0.4) is 0 Å². The van der Waals surface area contributed by atoms with Crippen LogP contribution in [0.5, 0.6) is 0 Å². The maximum absolute atomic E-state index is 11.9. The second-order valence-electron chi connectivity index (χ2n) is 5.44. The molecule has 2 unspecified atom stereocenters. The van der Waals surface area contributed by atoms with Gasteiger partial charge in [0.25, 0.3) is 5.91 Å². The zero-order valence-electron chi connectivity index (χ0n) is 10.7. The van der Waals surface area contributed by atoms with E-state index in [4.69, 9.17) is 0 Å². The van der Waals surface area contributed by atoms with E-state index in [1.807, 2.05) is 30.5 Å². The zero-order chi connectivity index (χ0) is 12.3. The van der Waals surface area contributed by atoms with Crippen molar-refractivity contribution in [3.05, 3.63) is 0 Å². The van der Waals surface area contributed by atoms with E-state index in [1.165, 1.54) is 0 Å². The fourth-order valence-corrected chi connectivity index (χ4v) is 3.08. The Kier molecular flexibility index (Phi) is 4.68. The summed E-state index contributed by atoms with van der Waals surface area (Å²) in [5.41, 5.74) is 0.228. The molecule has 4 heteroatoms. The molecule has 0 aromatic heterocycles. The van der Waals surface area contributed by atoms with Crippen LogP contribution in [0.1, 0.15) is 27.2 Å². The van der Waals surface area contributed by atoms with Crippen LogP contribution >= 0.6 is 11.8 Å². The summed E-state index contributed by atoms with van der Waals surface area (Å²) in [6.45, 7) is 7.55. The lowest BCUT2D eigenvalue weighted by Gasteiger charge is -2.25. The van der Waals surface area contributed by atoms with Crippen molar-refractivity contribution in [2.24, 2.45) is 11.3 Å². The third-order valence-electron chi connectivity index (χ3n) is 3.25. The molecule has 0 bridgehead atoms. The first kappa shape index (κ1) is 13.8. The van der Waals surface area contributed by atoms with E-state index in [1.54, 1.807) is 0 Å². The van der Waals surface area contributed by atoms with Gasteiger partial charge < -0.3 is 10.0 Å². The summed E-state index contributed by atoms with van der Waals surface area (Å²) >= 11 is 1.83. The average molecular weight is 245 g/mol. The predicted molar refractivity (Wildman–Crippen MR) is 68.5 cm³/mol. The smallest absolute Gasteiger partial charge is 0.251 e. The fourth-order valence-electron chi connectivity index (χ4n) is 2.15. The lowest BCUT2D eigenvalue weighted by Crippen LogP contribution is -2.41. The number of carbonyl (C=O) groups is 1. The first-order chi connectivity index (χ1) is 7.39. The van der Waals surface area contributed by atoms with Gasteiger partial charge in [-0.15, -0.1) is 0 Å². The molecule has 0 saturated carbocycles. The highest BCUT2D eigenvalue weighted by Crippen LogP contribution is 2.33. The molecule has 0 spiro atoms. The van der Waals surface area contributed by atoms with Crippen molar-refractivity contribution in [2.45, 2.75) is 33.3 Å². The van der Waals surface area contributed by atoms with Gasteiger partial charge >= 0.3 is 0 Å². The van der Waals surface area contributed by atoms with E-state index < -0.39 is 6.10 Å². The minimum atomic E-state index is -0.836. The number of hydrogen-bond donors (Lipinski definition) is 1. The minimum Gasteiger partial charge on any atom is -0.383 e. The van der Waals surface area contributed by atoms with E-state index in [-0.39, 0.29) is 17.2 Å². The summed E-state index contributed by atoms with van der Waals surface area (Å²) in [4.78, 5) is 13.8. The van der Waals surface area contributed by atoms with Gasteiger partial charge in [-0.05, 0) is 24.0 Å². The average Bonchev–Trinajstić information content (AvgIpc) is 2.59. The Morgan fingerprint density at radius 2 is 2.19 bits per heavy atom. The molecule has 1 saturated heterocycles. The van der Waals surface area contributed by atoms with Gasteiger partial charge in [0.05, 0.1) is 0 Å². The van der Waals surface area contributed by atoms with Crippen molar-refractivity contribution in [2.75, 3.05) is 25.1 Å². The summed E-state index contributed by atoms with van der Waals surface area (Å²) in [6, 6.07) is 0. The largest absolute Gasteiger partial charge is 0.383 e. The number of amides is 1. The maximum Gasteiger partial charge on any atom is 0.251 e. The molecule has 1 fully saturated rings. The monoisotopic (exact) mass is 245 g/mol.